The first kappa shape index (κ1) is 24.8. The maximum Gasteiger partial charge on any atom is 0.342 e. The Morgan fingerprint density at radius 3 is 2.57 bits per heavy atom. The average molecular weight is 495 g/mol. The topological polar surface area (TPSA) is 96.3 Å². The minimum absolute atomic E-state index is 0.00792. The van der Waals surface area contributed by atoms with Crippen LogP contribution in [0.4, 0.5) is 10.5 Å². The number of nitrogens with zero attached hydrogens (tertiary/aromatic N) is 2. The van der Waals surface area contributed by atoms with Gasteiger partial charge in [-0.3, -0.25) is 4.79 Å². The van der Waals surface area contributed by atoms with Crippen molar-refractivity contribution in [3.05, 3.63) is 64.8 Å². The maximum absolute atomic E-state index is 13.1. The first-order valence-corrected chi connectivity index (χ1v) is 12.4. The molecule has 1 aromatic heterocycles. The van der Waals surface area contributed by atoms with Crippen LogP contribution in [0, 0.1) is 5.92 Å². The Bertz CT molecular complexity index is 1210. The molecule has 8 heteroatoms. The molecule has 3 N–H and O–H groups in total. The first-order valence-electron chi connectivity index (χ1n) is 12.1. The number of aromatic hydroxyl groups is 1. The Hall–Kier alpha value is -3.32. The molecule has 1 aliphatic rings. The van der Waals surface area contributed by atoms with Gasteiger partial charge in [0.2, 0.25) is 5.91 Å². The van der Waals surface area contributed by atoms with Gasteiger partial charge in [0.05, 0.1) is 11.4 Å². The van der Waals surface area contributed by atoms with Crippen LogP contribution in [-0.4, -0.2) is 26.8 Å². The van der Waals surface area contributed by atoms with E-state index in [1.165, 1.54) is 10.7 Å². The van der Waals surface area contributed by atoms with E-state index >= 15 is 0 Å². The van der Waals surface area contributed by atoms with Crippen LogP contribution in [0.5, 0.6) is 5.75 Å². The lowest BCUT2D eigenvalue weighted by atomic mass is 10.0. The van der Waals surface area contributed by atoms with Gasteiger partial charge in [-0.1, -0.05) is 56.5 Å². The van der Waals surface area contributed by atoms with Crippen molar-refractivity contribution in [2.45, 2.75) is 58.4 Å². The molecule has 0 radical (unpaired) electrons. The zero-order chi connectivity index (χ0) is 24.9. The van der Waals surface area contributed by atoms with Crippen molar-refractivity contribution in [2.75, 3.05) is 5.32 Å². The molecule has 1 heterocycles. The highest BCUT2D eigenvalue weighted by Gasteiger charge is 2.26. The third kappa shape index (κ3) is 6.03. The van der Waals surface area contributed by atoms with E-state index in [1.807, 2.05) is 38.1 Å². The first-order chi connectivity index (χ1) is 16.8. The molecule has 0 bridgehead atoms. The van der Waals surface area contributed by atoms with Crippen molar-refractivity contribution >= 4 is 29.2 Å². The summed E-state index contributed by atoms with van der Waals surface area (Å²) < 4.78 is 1.42. The van der Waals surface area contributed by atoms with Crippen LogP contribution in [-0.2, 0) is 11.3 Å². The zero-order valence-electron chi connectivity index (χ0n) is 20.1. The number of hydrogen-bond donors (Lipinski definition) is 3. The van der Waals surface area contributed by atoms with Crippen molar-refractivity contribution in [1.82, 2.24) is 15.1 Å². The number of halogens is 1. The lowest BCUT2D eigenvalue weighted by Crippen LogP contribution is -2.30. The van der Waals surface area contributed by atoms with Gasteiger partial charge in [0.1, 0.15) is 5.75 Å². The molecule has 2 aromatic carbocycles. The van der Waals surface area contributed by atoms with Gasteiger partial charge in [-0.15, -0.1) is 0 Å². The van der Waals surface area contributed by atoms with Crippen LogP contribution in [0.3, 0.4) is 0 Å². The summed E-state index contributed by atoms with van der Waals surface area (Å²) in [6.45, 7) is 4.24. The largest absolute Gasteiger partial charge is 0.507 e. The molecule has 1 fully saturated rings. The fourth-order valence-corrected chi connectivity index (χ4v) is 4.70. The minimum atomic E-state index is -0.338. The van der Waals surface area contributed by atoms with Gasteiger partial charge in [-0.25, -0.2) is 4.79 Å². The number of amides is 2. The molecule has 2 amide bonds. The second-order valence-electron chi connectivity index (χ2n) is 9.48. The van der Waals surface area contributed by atoms with Gasteiger partial charge in [-0.2, -0.15) is 9.78 Å². The molecule has 3 aromatic rings. The van der Waals surface area contributed by atoms with E-state index in [4.69, 9.17) is 11.6 Å². The predicted molar refractivity (Wildman–Crippen MR) is 138 cm³/mol. The van der Waals surface area contributed by atoms with Crippen LogP contribution in [0.25, 0.3) is 11.3 Å². The van der Waals surface area contributed by atoms with Crippen LogP contribution in [0.15, 0.2) is 48.5 Å². The van der Waals surface area contributed by atoms with E-state index in [0.29, 0.717) is 28.4 Å². The summed E-state index contributed by atoms with van der Waals surface area (Å²) in [6.07, 6.45) is 4.62. The molecule has 0 saturated heterocycles. The van der Waals surface area contributed by atoms with E-state index in [9.17, 15) is 14.7 Å². The summed E-state index contributed by atoms with van der Waals surface area (Å²) in [5.74, 6) is 0.366. The summed E-state index contributed by atoms with van der Waals surface area (Å²) in [7, 11) is 0. The highest BCUT2D eigenvalue weighted by atomic mass is 35.5. The number of aromatic nitrogens is 2. The lowest BCUT2D eigenvalue weighted by molar-refractivity contribution is -0.116. The number of nitrogens with one attached hydrogen (secondary N) is 2. The van der Waals surface area contributed by atoms with E-state index in [0.717, 1.165) is 36.9 Å². The van der Waals surface area contributed by atoms with Crippen LogP contribution in [0.2, 0.25) is 5.02 Å². The number of carbonyl (C=O) groups is 2. The van der Waals surface area contributed by atoms with Gasteiger partial charge in [0, 0.05) is 41.2 Å². The smallest absolute Gasteiger partial charge is 0.342 e. The fourth-order valence-electron chi connectivity index (χ4n) is 4.50. The maximum atomic E-state index is 13.1. The second kappa shape index (κ2) is 11.0. The average Bonchev–Trinajstić information content (AvgIpc) is 3.48. The molecule has 7 nitrogen and oxygen atoms in total. The number of rotatable bonds is 7. The van der Waals surface area contributed by atoms with Gasteiger partial charge in [-0.05, 0) is 48.6 Å². The number of anilines is 1. The van der Waals surface area contributed by atoms with Crippen LogP contribution in [0.1, 0.15) is 63.1 Å². The van der Waals surface area contributed by atoms with Gasteiger partial charge in [0.25, 0.3) is 0 Å². The number of phenolic OH excluding ortho intramolecular Hbond substituents is 1. The number of hydrogen-bond acceptors (Lipinski definition) is 4. The van der Waals surface area contributed by atoms with Crippen molar-refractivity contribution in [3.63, 3.8) is 0 Å². The van der Waals surface area contributed by atoms with E-state index in [1.54, 1.807) is 18.2 Å². The summed E-state index contributed by atoms with van der Waals surface area (Å²) in [6, 6.07) is 13.9. The molecule has 0 unspecified atom stereocenters. The molecule has 1 saturated carbocycles. The standard InChI is InChI=1S/C27H31ClN4O3/c1-17(2)13-26(34)30-20-11-12-21(25(33)14-20)23-15-24(18-7-3-4-8-18)32(31-23)27(35)29-16-19-9-5-6-10-22(19)28/h5-6,9-12,14-15,17-18,33H,3-4,7-8,13,16H2,1-2H3,(H,29,35)(H,30,34). The highest BCUT2D eigenvalue weighted by molar-refractivity contribution is 6.31. The van der Waals surface area contributed by atoms with Crippen molar-refractivity contribution < 1.29 is 14.7 Å². The fraction of sp³-hybridized carbons (Fsp3) is 0.370. The van der Waals surface area contributed by atoms with E-state index in [-0.39, 0.29) is 36.1 Å². The quantitative estimate of drug-likeness (QED) is 0.358. The molecule has 35 heavy (non-hydrogen) atoms. The molecule has 4 rings (SSSR count). The molecule has 1 aliphatic carbocycles. The molecular formula is C27H31ClN4O3. The van der Waals surface area contributed by atoms with Gasteiger partial charge < -0.3 is 15.7 Å². The third-order valence-corrected chi connectivity index (χ3v) is 6.61. The number of benzene rings is 2. The Balaban J connectivity index is 1.58. The minimum Gasteiger partial charge on any atom is -0.507 e. The summed E-state index contributed by atoms with van der Waals surface area (Å²) in [5.41, 5.74) is 3.19. The third-order valence-electron chi connectivity index (χ3n) is 6.24. The number of carbonyl (C=O) groups excluding carboxylic acids is 2. The van der Waals surface area contributed by atoms with Gasteiger partial charge in [0.15, 0.2) is 0 Å². The lowest BCUT2D eigenvalue weighted by Gasteiger charge is -2.12. The van der Waals surface area contributed by atoms with Gasteiger partial charge >= 0.3 is 6.03 Å². The Kier molecular flexibility index (Phi) is 7.76. The van der Waals surface area contributed by atoms with Crippen molar-refractivity contribution in [3.8, 4) is 17.0 Å². The summed E-state index contributed by atoms with van der Waals surface area (Å²) in [4.78, 5) is 25.2. The van der Waals surface area contributed by atoms with E-state index < -0.39 is 0 Å². The Morgan fingerprint density at radius 2 is 1.89 bits per heavy atom. The van der Waals surface area contributed by atoms with Crippen LogP contribution < -0.4 is 10.6 Å². The molecule has 0 atom stereocenters. The SMILES string of the molecule is CC(C)CC(=O)Nc1ccc(-c2cc(C3CCCC3)n(C(=O)NCc3ccccc3Cl)n2)c(O)c1. The summed E-state index contributed by atoms with van der Waals surface area (Å²) in [5, 5.41) is 21.6. The second-order valence-corrected chi connectivity index (χ2v) is 9.88. The summed E-state index contributed by atoms with van der Waals surface area (Å²) >= 11 is 6.23. The van der Waals surface area contributed by atoms with Crippen molar-refractivity contribution in [2.24, 2.45) is 5.92 Å². The Morgan fingerprint density at radius 1 is 1.14 bits per heavy atom. The molecule has 0 spiro atoms. The van der Waals surface area contributed by atoms with Crippen molar-refractivity contribution in [1.29, 1.82) is 0 Å². The molecule has 0 aliphatic heterocycles. The molecule has 184 valence electrons. The Labute approximate surface area is 210 Å². The zero-order valence-corrected chi connectivity index (χ0v) is 20.8. The highest BCUT2D eigenvalue weighted by Crippen LogP contribution is 2.38. The normalized spacial score (nSPS) is 13.8. The monoisotopic (exact) mass is 494 g/mol. The number of phenols is 1. The predicted octanol–water partition coefficient (Wildman–Crippen LogP) is 6.31. The van der Waals surface area contributed by atoms with Crippen LogP contribution >= 0.6 is 11.6 Å². The molecular weight excluding hydrogens is 464 g/mol. The van der Waals surface area contributed by atoms with E-state index in [2.05, 4.69) is 15.7 Å².